The van der Waals surface area contributed by atoms with E-state index in [4.69, 9.17) is 5.26 Å². The van der Waals surface area contributed by atoms with Gasteiger partial charge in [0, 0.05) is 17.5 Å². The molecule has 0 amide bonds. The predicted molar refractivity (Wildman–Crippen MR) is 61.6 cm³/mol. The zero-order valence-electron chi connectivity index (χ0n) is 10.2. The van der Waals surface area contributed by atoms with Crippen molar-refractivity contribution < 1.29 is 13.6 Å². The molecular weight excluding hydrogens is 236 g/mol. The van der Waals surface area contributed by atoms with E-state index in [-0.39, 0.29) is 22.7 Å². The summed E-state index contributed by atoms with van der Waals surface area (Å²) < 4.78 is 26.4. The fourth-order valence-corrected chi connectivity index (χ4v) is 2.18. The Hall–Kier alpha value is -1.76. The van der Waals surface area contributed by atoms with E-state index >= 15 is 0 Å². The van der Waals surface area contributed by atoms with Gasteiger partial charge in [0.25, 0.3) is 0 Å². The molecule has 1 aliphatic carbocycles. The van der Waals surface area contributed by atoms with Crippen molar-refractivity contribution in [3.63, 3.8) is 0 Å². The number of nitriles is 1. The van der Waals surface area contributed by atoms with Gasteiger partial charge in [-0.15, -0.1) is 0 Å². The van der Waals surface area contributed by atoms with Gasteiger partial charge in [0.2, 0.25) is 0 Å². The number of halogens is 2. The van der Waals surface area contributed by atoms with Gasteiger partial charge in [0.15, 0.2) is 5.78 Å². The molecule has 2 unspecified atom stereocenters. The summed E-state index contributed by atoms with van der Waals surface area (Å²) in [5.74, 6) is -3.17. The second-order valence-electron chi connectivity index (χ2n) is 5.38. The van der Waals surface area contributed by atoms with Crippen LogP contribution >= 0.6 is 0 Å². The van der Waals surface area contributed by atoms with Crippen LogP contribution in [0.25, 0.3) is 0 Å². The van der Waals surface area contributed by atoms with Crippen LogP contribution in [0.2, 0.25) is 0 Å². The molecule has 94 valence electrons. The van der Waals surface area contributed by atoms with E-state index in [9.17, 15) is 13.6 Å². The summed E-state index contributed by atoms with van der Waals surface area (Å²) in [7, 11) is 0. The maximum Gasteiger partial charge on any atom is 0.158 e. The highest BCUT2D eigenvalue weighted by Crippen LogP contribution is 2.53. The summed E-state index contributed by atoms with van der Waals surface area (Å²) in [6.07, 6.45) is 0.715. The van der Waals surface area contributed by atoms with E-state index in [0.29, 0.717) is 12.5 Å². The number of nitrogens with zero attached hydrogens (tertiary/aromatic N) is 1. The Morgan fingerprint density at radius 1 is 1.50 bits per heavy atom. The lowest BCUT2D eigenvalue weighted by Gasteiger charge is -2.10. The number of carbonyl (C=O) groups is 1. The van der Waals surface area contributed by atoms with E-state index in [1.54, 1.807) is 0 Å². The molecule has 1 saturated carbocycles. The Kier molecular flexibility index (Phi) is 2.94. The monoisotopic (exact) mass is 249 g/mol. The first kappa shape index (κ1) is 12.7. The molecule has 0 saturated heterocycles. The molecule has 0 N–H and O–H groups in total. The van der Waals surface area contributed by atoms with Crippen molar-refractivity contribution in [1.82, 2.24) is 0 Å². The van der Waals surface area contributed by atoms with Crippen molar-refractivity contribution in [1.29, 1.82) is 5.26 Å². The summed E-state index contributed by atoms with van der Waals surface area (Å²) in [5, 5.41) is 9.06. The molecule has 0 radical (unpaired) electrons. The quantitative estimate of drug-likeness (QED) is 0.825. The first-order valence-electron chi connectivity index (χ1n) is 5.75. The number of rotatable bonds is 3. The molecule has 0 heterocycles. The zero-order chi connectivity index (χ0) is 13.5. The maximum atomic E-state index is 13.6. The topological polar surface area (TPSA) is 40.9 Å². The Balaban J connectivity index is 2.30. The second-order valence-corrected chi connectivity index (χ2v) is 5.38. The minimum absolute atomic E-state index is 0.0356. The van der Waals surface area contributed by atoms with E-state index in [2.05, 4.69) is 0 Å². The van der Waals surface area contributed by atoms with Crippen LogP contribution in [0, 0.1) is 34.3 Å². The first-order valence-corrected chi connectivity index (χ1v) is 5.75. The van der Waals surface area contributed by atoms with Gasteiger partial charge >= 0.3 is 0 Å². The van der Waals surface area contributed by atoms with Gasteiger partial charge in [-0.2, -0.15) is 5.26 Å². The fourth-order valence-electron chi connectivity index (χ4n) is 2.18. The average molecular weight is 249 g/mol. The first-order chi connectivity index (χ1) is 8.36. The molecule has 18 heavy (non-hydrogen) atoms. The Bertz CT molecular complexity index is 545. The molecule has 2 atom stereocenters. The lowest BCUT2D eigenvalue weighted by atomic mass is 9.90. The van der Waals surface area contributed by atoms with Crippen molar-refractivity contribution in [2.24, 2.45) is 11.3 Å². The Labute approximate surface area is 104 Å². The van der Waals surface area contributed by atoms with Crippen molar-refractivity contribution in [2.75, 3.05) is 0 Å². The molecule has 1 fully saturated rings. The lowest BCUT2D eigenvalue weighted by Crippen LogP contribution is -2.16. The number of hydrogen-bond acceptors (Lipinski definition) is 2. The minimum atomic E-state index is -1.14. The van der Waals surface area contributed by atoms with Gasteiger partial charge in [-0.1, -0.05) is 19.9 Å². The van der Waals surface area contributed by atoms with Gasteiger partial charge in [-0.05, 0) is 17.9 Å². The number of hydrogen-bond donors (Lipinski definition) is 0. The molecule has 1 aromatic carbocycles. The van der Waals surface area contributed by atoms with Crippen LogP contribution in [0.15, 0.2) is 18.2 Å². The molecule has 0 aromatic heterocycles. The molecule has 2 rings (SSSR count). The number of benzene rings is 1. The molecule has 4 heteroatoms. The largest absolute Gasteiger partial charge is 0.298 e. The highest BCUT2D eigenvalue weighted by Gasteiger charge is 2.52. The SMILES string of the molecule is CC1(C)CC1C(=O)C(C#N)c1ccc(F)cc1F. The molecule has 0 spiro atoms. The van der Waals surface area contributed by atoms with E-state index < -0.39 is 17.6 Å². The smallest absolute Gasteiger partial charge is 0.158 e. The van der Waals surface area contributed by atoms with Crippen molar-refractivity contribution in [3.05, 3.63) is 35.4 Å². The summed E-state index contributed by atoms with van der Waals surface area (Å²) in [6, 6.07) is 4.76. The Morgan fingerprint density at radius 3 is 2.56 bits per heavy atom. The van der Waals surface area contributed by atoms with Crippen molar-refractivity contribution in [2.45, 2.75) is 26.2 Å². The standard InChI is InChI=1S/C14H13F2NO/c1-14(2)6-11(14)13(18)10(7-17)9-4-3-8(15)5-12(9)16/h3-5,10-11H,6H2,1-2H3. The van der Waals surface area contributed by atoms with Crippen LogP contribution < -0.4 is 0 Å². The third-order valence-corrected chi connectivity index (χ3v) is 3.54. The van der Waals surface area contributed by atoms with Crippen LogP contribution in [0.4, 0.5) is 8.78 Å². The maximum absolute atomic E-state index is 13.6. The van der Waals surface area contributed by atoms with E-state index in [1.165, 1.54) is 6.07 Å². The summed E-state index contributed by atoms with van der Waals surface area (Å²) in [5.41, 5.74) is -0.144. The van der Waals surface area contributed by atoms with Crippen molar-refractivity contribution >= 4 is 5.78 Å². The number of carbonyl (C=O) groups excluding carboxylic acids is 1. The van der Waals surface area contributed by atoms with Crippen molar-refractivity contribution in [3.8, 4) is 6.07 Å². The highest BCUT2D eigenvalue weighted by molar-refractivity contribution is 5.93. The third kappa shape index (κ3) is 2.13. The van der Waals surface area contributed by atoms with E-state index in [0.717, 1.165) is 6.07 Å². The highest BCUT2D eigenvalue weighted by atomic mass is 19.1. The van der Waals surface area contributed by atoms with Gasteiger partial charge < -0.3 is 0 Å². The number of ketones is 1. The van der Waals surface area contributed by atoms with Crippen LogP contribution in [0.1, 0.15) is 31.7 Å². The summed E-state index contributed by atoms with van der Waals surface area (Å²) in [6.45, 7) is 3.87. The Morgan fingerprint density at radius 2 is 2.11 bits per heavy atom. The average Bonchev–Trinajstić information content (AvgIpc) is 2.91. The van der Waals surface area contributed by atoms with Crippen LogP contribution in [-0.4, -0.2) is 5.78 Å². The third-order valence-electron chi connectivity index (χ3n) is 3.54. The second kappa shape index (κ2) is 4.16. The zero-order valence-corrected chi connectivity index (χ0v) is 10.2. The van der Waals surface area contributed by atoms with Gasteiger partial charge in [0.05, 0.1) is 6.07 Å². The van der Waals surface area contributed by atoms with Gasteiger partial charge in [0.1, 0.15) is 17.6 Å². The van der Waals surface area contributed by atoms with Gasteiger partial charge in [-0.25, -0.2) is 8.78 Å². The van der Waals surface area contributed by atoms with Gasteiger partial charge in [-0.3, -0.25) is 4.79 Å². The molecular formula is C14H13F2NO. The molecule has 2 nitrogen and oxygen atoms in total. The predicted octanol–water partition coefficient (Wildman–Crippen LogP) is 3.19. The summed E-state index contributed by atoms with van der Waals surface area (Å²) >= 11 is 0. The fraction of sp³-hybridized carbons (Fsp3) is 0.429. The minimum Gasteiger partial charge on any atom is -0.298 e. The van der Waals surface area contributed by atoms with E-state index in [1.807, 2.05) is 19.9 Å². The van der Waals surface area contributed by atoms with Crippen LogP contribution in [0.5, 0.6) is 0 Å². The molecule has 0 aliphatic heterocycles. The molecule has 1 aromatic rings. The lowest BCUT2D eigenvalue weighted by molar-refractivity contribution is -0.121. The number of Topliss-reactive ketones (excluding diaryl/α,β-unsaturated/α-hetero) is 1. The normalized spacial score (nSPS) is 22.1. The van der Waals surface area contributed by atoms with Crippen LogP contribution in [-0.2, 0) is 4.79 Å². The molecule has 0 bridgehead atoms. The summed E-state index contributed by atoms with van der Waals surface area (Å²) in [4.78, 5) is 12.1. The van der Waals surface area contributed by atoms with Crippen LogP contribution in [0.3, 0.4) is 0 Å². The molecule has 1 aliphatic rings.